The van der Waals surface area contributed by atoms with E-state index >= 15 is 0 Å². The van der Waals surface area contributed by atoms with Gasteiger partial charge in [0.15, 0.2) is 11.5 Å². The number of rotatable bonds is 7. The topological polar surface area (TPSA) is 71.1 Å². The minimum atomic E-state index is -0.114. The first-order chi connectivity index (χ1) is 15.1. The summed E-state index contributed by atoms with van der Waals surface area (Å²) in [6.45, 7) is 7.73. The Hall–Kier alpha value is -2.28. The van der Waals surface area contributed by atoms with Crippen LogP contribution in [0.25, 0.3) is 0 Å². The van der Waals surface area contributed by atoms with Crippen molar-refractivity contribution in [3.8, 4) is 11.5 Å². The number of amides is 2. The lowest BCUT2D eigenvalue weighted by Gasteiger charge is -2.41. The van der Waals surface area contributed by atoms with Crippen LogP contribution < -0.4 is 14.8 Å². The van der Waals surface area contributed by atoms with E-state index < -0.39 is 0 Å². The first-order valence-corrected chi connectivity index (χ1v) is 11.8. The van der Waals surface area contributed by atoms with Crippen molar-refractivity contribution in [2.45, 2.75) is 58.5 Å². The molecule has 2 fully saturated rings. The van der Waals surface area contributed by atoms with Crippen molar-refractivity contribution in [2.24, 2.45) is 11.8 Å². The van der Waals surface area contributed by atoms with Gasteiger partial charge < -0.3 is 19.7 Å². The fourth-order valence-electron chi connectivity index (χ4n) is 5.00. The van der Waals surface area contributed by atoms with Gasteiger partial charge in [-0.25, -0.2) is 0 Å². The molecule has 7 nitrogen and oxygen atoms in total. The first-order valence-electron chi connectivity index (χ1n) is 11.8. The molecule has 1 saturated heterocycles. The zero-order valence-electron chi connectivity index (χ0n) is 18.8. The number of benzene rings is 1. The van der Waals surface area contributed by atoms with E-state index in [-0.39, 0.29) is 30.6 Å². The zero-order valence-corrected chi connectivity index (χ0v) is 18.8. The first kappa shape index (κ1) is 21.9. The Balaban J connectivity index is 1.37. The van der Waals surface area contributed by atoms with Crippen molar-refractivity contribution in [1.82, 2.24) is 15.1 Å². The number of carbonyl (C=O) groups is 2. The van der Waals surface area contributed by atoms with E-state index in [4.69, 9.17) is 9.47 Å². The molecular formula is C24H35N3O4. The molecule has 31 heavy (non-hydrogen) atoms. The number of nitrogens with zero attached hydrogens (tertiary/aromatic N) is 2. The van der Waals surface area contributed by atoms with Crippen LogP contribution in [0.3, 0.4) is 0 Å². The van der Waals surface area contributed by atoms with Gasteiger partial charge in [-0.3, -0.25) is 14.5 Å². The van der Waals surface area contributed by atoms with E-state index in [2.05, 4.69) is 17.1 Å². The summed E-state index contributed by atoms with van der Waals surface area (Å²) in [5, 5.41) is 3.17. The molecule has 2 amide bonds. The normalized spacial score (nSPS) is 21.2. The maximum Gasteiger partial charge on any atom is 0.237 e. The van der Waals surface area contributed by atoms with Gasteiger partial charge in [0, 0.05) is 38.6 Å². The molecule has 2 heterocycles. The molecule has 7 heteroatoms. The van der Waals surface area contributed by atoms with Gasteiger partial charge in [-0.1, -0.05) is 32.8 Å². The van der Waals surface area contributed by atoms with Gasteiger partial charge in [-0.15, -0.1) is 0 Å². The summed E-state index contributed by atoms with van der Waals surface area (Å²) in [5.74, 6) is 2.30. The highest BCUT2D eigenvalue weighted by Gasteiger charge is 2.37. The second kappa shape index (κ2) is 9.90. The van der Waals surface area contributed by atoms with Gasteiger partial charge in [-0.2, -0.15) is 0 Å². The van der Waals surface area contributed by atoms with Crippen LogP contribution in [0.5, 0.6) is 11.5 Å². The molecule has 2 atom stereocenters. The predicted molar refractivity (Wildman–Crippen MR) is 118 cm³/mol. The molecule has 0 spiro atoms. The predicted octanol–water partition coefficient (Wildman–Crippen LogP) is 2.78. The number of ether oxygens (including phenoxy) is 2. The number of carbonyl (C=O) groups excluding carboxylic acids is 2. The van der Waals surface area contributed by atoms with Gasteiger partial charge >= 0.3 is 0 Å². The van der Waals surface area contributed by atoms with Gasteiger partial charge in [-0.05, 0) is 42.9 Å². The second-order valence-corrected chi connectivity index (χ2v) is 9.07. The number of hydrogen-bond acceptors (Lipinski definition) is 5. The summed E-state index contributed by atoms with van der Waals surface area (Å²) in [7, 11) is 0. The minimum Gasteiger partial charge on any atom is -0.454 e. The molecule has 1 aromatic rings. The summed E-state index contributed by atoms with van der Waals surface area (Å²) in [5.41, 5.74) is 1.01. The maximum atomic E-state index is 13.3. The van der Waals surface area contributed by atoms with E-state index in [1.165, 1.54) is 12.8 Å². The lowest BCUT2D eigenvalue weighted by Crippen LogP contribution is -2.58. The molecule has 3 aliphatic rings. The highest BCUT2D eigenvalue weighted by atomic mass is 16.7. The number of fused-ring (bicyclic) bond motifs is 1. The molecule has 0 bridgehead atoms. The lowest BCUT2D eigenvalue weighted by molar-refractivity contribution is -0.138. The van der Waals surface area contributed by atoms with Crippen molar-refractivity contribution in [3.63, 3.8) is 0 Å². The Morgan fingerprint density at radius 1 is 1.10 bits per heavy atom. The highest BCUT2D eigenvalue weighted by Crippen LogP contribution is 2.33. The van der Waals surface area contributed by atoms with Crippen LogP contribution in [-0.2, 0) is 16.1 Å². The molecular weight excluding hydrogens is 394 g/mol. The molecule has 1 saturated carbocycles. The third-order valence-electron chi connectivity index (χ3n) is 7.07. The van der Waals surface area contributed by atoms with Gasteiger partial charge in [0.2, 0.25) is 18.6 Å². The minimum absolute atomic E-state index is 0.0715. The molecule has 0 radical (unpaired) electrons. The third kappa shape index (κ3) is 4.97. The van der Waals surface area contributed by atoms with Crippen LogP contribution >= 0.6 is 0 Å². The summed E-state index contributed by atoms with van der Waals surface area (Å²) in [4.78, 5) is 30.1. The van der Waals surface area contributed by atoms with Crippen molar-refractivity contribution in [2.75, 3.05) is 33.0 Å². The summed E-state index contributed by atoms with van der Waals surface area (Å²) in [6, 6.07) is 5.69. The van der Waals surface area contributed by atoms with Crippen LogP contribution in [0.1, 0.15) is 51.5 Å². The standard InChI is InChI=1S/C24H35N3O4/c1-3-17(2)24(29)27-12-10-26(11-13-27)22(19-6-4-5-7-19)23(28)25-15-18-8-9-20-21(14-18)31-16-30-20/h8-9,14,17,19,22H,3-7,10-13,15-16H2,1-2H3,(H,25,28). The van der Waals surface area contributed by atoms with Crippen molar-refractivity contribution < 1.29 is 19.1 Å². The van der Waals surface area contributed by atoms with Crippen molar-refractivity contribution in [3.05, 3.63) is 23.8 Å². The summed E-state index contributed by atoms with van der Waals surface area (Å²) in [6.07, 6.45) is 5.47. The lowest BCUT2D eigenvalue weighted by atomic mass is 9.94. The van der Waals surface area contributed by atoms with E-state index in [1.807, 2.05) is 30.0 Å². The van der Waals surface area contributed by atoms with E-state index in [1.54, 1.807) is 0 Å². The Morgan fingerprint density at radius 3 is 2.52 bits per heavy atom. The molecule has 1 aliphatic carbocycles. The average Bonchev–Trinajstić information content (AvgIpc) is 3.49. The number of hydrogen-bond donors (Lipinski definition) is 1. The Kier molecular flexibility index (Phi) is 7.00. The molecule has 170 valence electrons. The second-order valence-electron chi connectivity index (χ2n) is 9.07. The van der Waals surface area contributed by atoms with E-state index in [9.17, 15) is 9.59 Å². The molecule has 0 aromatic heterocycles. The molecule has 4 rings (SSSR count). The van der Waals surface area contributed by atoms with Crippen molar-refractivity contribution >= 4 is 11.8 Å². The van der Waals surface area contributed by atoms with Gasteiger partial charge in [0.25, 0.3) is 0 Å². The summed E-state index contributed by atoms with van der Waals surface area (Å²) < 4.78 is 10.8. The van der Waals surface area contributed by atoms with Crippen LogP contribution in [-0.4, -0.2) is 60.6 Å². The van der Waals surface area contributed by atoms with Crippen LogP contribution in [0.15, 0.2) is 18.2 Å². The quantitative estimate of drug-likeness (QED) is 0.722. The largest absolute Gasteiger partial charge is 0.454 e. The molecule has 2 aliphatic heterocycles. The smallest absolute Gasteiger partial charge is 0.237 e. The van der Waals surface area contributed by atoms with Crippen LogP contribution in [0.2, 0.25) is 0 Å². The fraction of sp³-hybridized carbons (Fsp3) is 0.667. The number of nitrogens with one attached hydrogen (secondary N) is 1. The van der Waals surface area contributed by atoms with Gasteiger partial charge in [0.05, 0.1) is 6.04 Å². The highest BCUT2D eigenvalue weighted by molar-refractivity contribution is 5.82. The Bertz CT molecular complexity index is 785. The molecule has 1 N–H and O–H groups in total. The monoisotopic (exact) mass is 429 g/mol. The molecule has 1 aromatic carbocycles. The van der Waals surface area contributed by atoms with E-state index in [0.29, 0.717) is 25.6 Å². The Morgan fingerprint density at radius 2 is 1.81 bits per heavy atom. The van der Waals surface area contributed by atoms with Crippen LogP contribution in [0, 0.1) is 11.8 Å². The van der Waals surface area contributed by atoms with Crippen LogP contribution in [0.4, 0.5) is 0 Å². The molecule has 2 unspecified atom stereocenters. The van der Waals surface area contributed by atoms with Gasteiger partial charge in [0.1, 0.15) is 0 Å². The average molecular weight is 430 g/mol. The maximum absolute atomic E-state index is 13.3. The zero-order chi connectivity index (χ0) is 21.8. The third-order valence-corrected chi connectivity index (χ3v) is 7.07. The summed E-state index contributed by atoms with van der Waals surface area (Å²) >= 11 is 0. The van der Waals surface area contributed by atoms with E-state index in [0.717, 1.165) is 49.4 Å². The Labute approximate surface area is 185 Å². The SMILES string of the molecule is CCC(C)C(=O)N1CCN(C(C(=O)NCc2ccc3c(c2)OCO3)C2CCCC2)CC1. The fourth-order valence-corrected chi connectivity index (χ4v) is 5.00. The van der Waals surface area contributed by atoms with Crippen molar-refractivity contribution in [1.29, 1.82) is 0 Å². The number of piperazine rings is 1.